The Hall–Kier alpha value is -4.12. The molecule has 0 radical (unpaired) electrons. The third-order valence-corrected chi connectivity index (χ3v) is 12.0. The highest BCUT2D eigenvalue weighted by atomic mass is 35.5. The molecule has 0 N–H and O–H groups in total. The lowest BCUT2D eigenvalue weighted by molar-refractivity contribution is 0.345. The number of fused-ring (bicyclic) bond motifs is 6. The van der Waals surface area contributed by atoms with Crippen molar-refractivity contribution in [3.63, 3.8) is 0 Å². The zero-order chi connectivity index (χ0) is 34.4. The third kappa shape index (κ3) is 7.06. The molecule has 6 heterocycles. The fourth-order valence-electron chi connectivity index (χ4n) is 7.20. The van der Waals surface area contributed by atoms with Gasteiger partial charge in [-0.25, -0.2) is 15.0 Å². The topological polar surface area (TPSA) is 106 Å². The summed E-state index contributed by atoms with van der Waals surface area (Å²) in [6.45, 7) is 7.27. The normalized spacial score (nSPS) is 15.2. The van der Waals surface area contributed by atoms with Gasteiger partial charge in [-0.15, -0.1) is 16.3 Å². The molecular weight excluding hydrogens is 702 g/mol. The summed E-state index contributed by atoms with van der Waals surface area (Å²) in [7, 11) is 7.76. The van der Waals surface area contributed by atoms with Gasteiger partial charge in [0.25, 0.3) is 16.9 Å². The van der Waals surface area contributed by atoms with E-state index in [0.29, 0.717) is 30.7 Å². The van der Waals surface area contributed by atoms with E-state index >= 15 is 0 Å². The quantitative estimate of drug-likeness (QED) is 0.130. The zero-order valence-electron chi connectivity index (χ0n) is 28.1. The lowest BCUT2D eigenvalue weighted by atomic mass is 9.95. The highest BCUT2D eigenvalue weighted by Crippen LogP contribution is 2.39. The highest BCUT2D eigenvalue weighted by Gasteiger charge is 2.24. The van der Waals surface area contributed by atoms with Gasteiger partial charge >= 0.3 is 0 Å². The Bertz CT molecular complexity index is 2360. The number of nitrogens with zero attached hydrogens (tertiary/aromatic N) is 9. The second-order valence-electron chi connectivity index (χ2n) is 13.3. The van der Waals surface area contributed by atoms with Crippen molar-refractivity contribution in [3.8, 4) is 0 Å². The minimum atomic E-state index is 0. The van der Waals surface area contributed by atoms with Crippen LogP contribution < -0.4 is 20.9 Å². The van der Waals surface area contributed by atoms with Crippen molar-refractivity contribution in [1.29, 1.82) is 0 Å². The summed E-state index contributed by atoms with van der Waals surface area (Å²) < 4.78 is 4.95. The van der Waals surface area contributed by atoms with Crippen molar-refractivity contribution >= 4 is 92.3 Å². The summed E-state index contributed by atoms with van der Waals surface area (Å²) >= 11 is 8.90. The monoisotopic (exact) mass is 747 g/mol. The average Bonchev–Trinajstić information content (AvgIpc) is 3.68. The first-order valence-electron chi connectivity index (χ1n) is 16.7. The lowest BCUT2D eigenvalue weighted by Crippen LogP contribution is -2.26. The smallest absolute Gasteiger partial charge is 0.273 e. The standard InChI is InChI=1S/C18H19N5OS.C17H19ClN4OS.2CH4/c1-19-13-9-12(22(2)3)14-15-16(25-17(14)21-13)18(24)23(10-20-15)11-7-5-4-6-8-11;1-21(2)11-8-12(18)20-16-13(11)14-15(24-16)17(23)22(9-19-14)10-6-4-3-5-7-10;;/h9-11H,4-8H2,2-3H3;8-10H,3-7H2,1-2H3;2*1H4. The average molecular weight is 748 g/mol. The summed E-state index contributed by atoms with van der Waals surface area (Å²) in [6, 6.07) is 4.11. The molecule has 0 bridgehead atoms. The van der Waals surface area contributed by atoms with Gasteiger partial charge in [-0.05, 0) is 37.8 Å². The van der Waals surface area contributed by atoms with Crippen LogP contribution in [0.15, 0.2) is 34.4 Å². The Labute approximate surface area is 311 Å². The SMILES string of the molecule is C.C.CN(C)c1cc(Cl)nc2sc3c(=O)n(C4CCCCC4)cnc3c12.[C-]#[N+]c1cc(N(C)C)c2c(n1)sc1c(=O)n(C3CCCCC3)cnc12. The molecule has 6 aromatic heterocycles. The first-order chi connectivity index (χ1) is 23.7. The first-order valence-corrected chi connectivity index (χ1v) is 18.7. The molecule has 8 rings (SSSR count). The highest BCUT2D eigenvalue weighted by molar-refractivity contribution is 7.25. The van der Waals surface area contributed by atoms with Crippen LogP contribution in [0.3, 0.4) is 0 Å². The molecule has 2 aliphatic carbocycles. The van der Waals surface area contributed by atoms with Crippen LogP contribution in [0, 0.1) is 6.57 Å². The van der Waals surface area contributed by atoms with Gasteiger partial charge in [-0.1, -0.05) is 82.9 Å². The van der Waals surface area contributed by atoms with E-state index < -0.39 is 0 Å². The molecule has 2 fully saturated rings. The Kier molecular flexibility index (Phi) is 11.7. The fraction of sp³-hybridized carbons (Fsp3) is 0.486. The van der Waals surface area contributed by atoms with E-state index in [1.165, 1.54) is 61.2 Å². The number of pyridine rings is 2. The largest absolute Gasteiger partial charge is 0.378 e. The molecule has 6 aromatic rings. The second-order valence-corrected chi connectivity index (χ2v) is 15.7. The van der Waals surface area contributed by atoms with Crippen molar-refractivity contribution in [2.24, 2.45) is 0 Å². The Morgan fingerprint density at radius 2 is 1.16 bits per heavy atom. The van der Waals surface area contributed by atoms with Crippen LogP contribution in [-0.2, 0) is 0 Å². The summed E-state index contributed by atoms with van der Waals surface area (Å²) in [5.41, 5.74) is 3.33. The first kappa shape index (κ1) is 38.1. The predicted octanol–water partition coefficient (Wildman–Crippen LogP) is 9.63. The zero-order valence-corrected chi connectivity index (χ0v) is 30.5. The van der Waals surface area contributed by atoms with E-state index in [0.717, 1.165) is 58.2 Å². The van der Waals surface area contributed by atoms with Gasteiger partial charge in [-0.3, -0.25) is 18.7 Å². The molecular formula is C37H46ClN9O2S2. The number of hydrogen-bond donors (Lipinski definition) is 0. The molecule has 11 nitrogen and oxygen atoms in total. The Morgan fingerprint density at radius 1 is 0.725 bits per heavy atom. The van der Waals surface area contributed by atoms with E-state index in [4.69, 9.17) is 18.2 Å². The van der Waals surface area contributed by atoms with E-state index in [-0.39, 0.29) is 38.1 Å². The molecule has 270 valence electrons. The number of aromatic nitrogens is 6. The number of hydrogen-bond acceptors (Lipinski definition) is 10. The number of anilines is 2. The van der Waals surface area contributed by atoms with E-state index in [2.05, 4.69) is 24.8 Å². The van der Waals surface area contributed by atoms with Crippen LogP contribution in [0.2, 0.25) is 5.15 Å². The molecule has 51 heavy (non-hydrogen) atoms. The van der Waals surface area contributed by atoms with Crippen molar-refractivity contribution in [3.05, 3.63) is 62.1 Å². The summed E-state index contributed by atoms with van der Waals surface area (Å²) in [6.07, 6.45) is 14.9. The van der Waals surface area contributed by atoms with Gasteiger partial charge in [-0.2, -0.15) is 0 Å². The van der Waals surface area contributed by atoms with Gasteiger partial charge in [0.2, 0.25) is 4.83 Å². The van der Waals surface area contributed by atoms with Gasteiger partial charge in [0.15, 0.2) is 0 Å². The Balaban J connectivity index is 0.000000190. The van der Waals surface area contributed by atoms with E-state index in [9.17, 15) is 9.59 Å². The molecule has 0 spiro atoms. The lowest BCUT2D eigenvalue weighted by Gasteiger charge is -2.23. The molecule has 0 unspecified atom stereocenters. The van der Waals surface area contributed by atoms with Gasteiger partial charge in [0.05, 0.1) is 34.6 Å². The number of halogens is 1. The summed E-state index contributed by atoms with van der Waals surface area (Å²) in [4.78, 5) is 53.0. The maximum atomic E-state index is 13.1. The molecule has 0 saturated heterocycles. The van der Waals surface area contributed by atoms with Gasteiger partial charge < -0.3 is 14.6 Å². The van der Waals surface area contributed by atoms with Crippen LogP contribution >= 0.6 is 34.3 Å². The maximum absolute atomic E-state index is 13.1. The molecule has 2 aliphatic rings. The maximum Gasteiger partial charge on any atom is 0.273 e. The number of thiophene rings is 2. The summed E-state index contributed by atoms with van der Waals surface area (Å²) in [5, 5.41) is 2.22. The van der Waals surface area contributed by atoms with Crippen LogP contribution in [-0.4, -0.2) is 57.3 Å². The van der Waals surface area contributed by atoms with Crippen LogP contribution in [0.25, 0.3) is 45.7 Å². The molecule has 14 heteroatoms. The summed E-state index contributed by atoms with van der Waals surface area (Å²) in [5.74, 6) is 0.343. The minimum absolute atomic E-state index is 0. The molecule has 0 amide bonds. The van der Waals surface area contributed by atoms with Crippen molar-refractivity contribution in [2.75, 3.05) is 38.0 Å². The van der Waals surface area contributed by atoms with Crippen molar-refractivity contribution < 1.29 is 0 Å². The molecule has 0 atom stereocenters. The van der Waals surface area contributed by atoms with Gasteiger partial charge in [0, 0.05) is 46.0 Å². The number of rotatable bonds is 4. The third-order valence-electron chi connectivity index (χ3n) is 9.68. The van der Waals surface area contributed by atoms with Crippen molar-refractivity contribution in [1.82, 2.24) is 29.1 Å². The predicted molar refractivity (Wildman–Crippen MR) is 216 cm³/mol. The van der Waals surface area contributed by atoms with Crippen LogP contribution in [0.4, 0.5) is 17.2 Å². The Morgan fingerprint density at radius 3 is 1.59 bits per heavy atom. The molecule has 0 aliphatic heterocycles. The van der Waals surface area contributed by atoms with E-state index in [1.54, 1.807) is 18.7 Å². The molecule has 2 saturated carbocycles. The van der Waals surface area contributed by atoms with Crippen LogP contribution in [0.5, 0.6) is 0 Å². The fourth-order valence-corrected chi connectivity index (χ4v) is 9.61. The van der Waals surface area contributed by atoms with E-state index in [1.807, 2.05) is 53.2 Å². The second kappa shape index (κ2) is 15.6. The van der Waals surface area contributed by atoms with Gasteiger partial charge in [0.1, 0.15) is 24.9 Å². The van der Waals surface area contributed by atoms with Crippen LogP contribution in [0.1, 0.15) is 91.1 Å². The minimum Gasteiger partial charge on any atom is -0.378 e. The van der Waals surface area contributed by atoms with Crippen molar-refractivity contribution in [2.45, 2.75) is 91.1 Å². The molecule has 0 aromatic carbocycles.